The highest BCUT2D eigenvalue weighted by molar-refractivity contribution is 5.81. The molecule has 1 amide bonds. The molecule has 1 atom stereocenters. The Morgan fingerprint density at radius 1 is 1.19 bits per heavy atom. The molecule has 6 nitrogen and oxygen atoms in total. The number of aromatic nitrogens is 2. The van der Waals surface area contributed by atoms with E-state index in [9.17, 15) is 4.79 Å². The summed E-state index contributed by atoms with van der Waals surface area (Å²) in [5, 5.41) is 0. The molecule has 1 unspecified atom stereocenters. The molecule has 116 valence electrons. The lowest BCUT2D eigenvalue weighted by molar-refractivity contribution is -0.132. The molecule has 1 aliphatic rings. The van der Waals surface area contributed by atoms with Gasteiger partial charge in [-0.25, -0.2) is 9.97 Å². The quantitative estimate of drug-likeness (QED) is 0.895. The molecule has 1 saturated heterocycles. The van der Waals surface area contributed by atoms with Crippen LogP contribution in [0.2, 0.25) is 0 Å². The highest BCUT2D eigenvalue weighted by atomic mass is 16.2. The van der Waals surface area contributed by atoms with Crippen LogP contribution in [-0.2, 0) is 4.79 Å². The topological polar surface area (TPSA) is 75.3 Å². The molecule has 1 aliphatic heterocycles. The predicted octanol–water partition coefficient (Wildman–Crippen LogP) is 0.904. The van der Waals surface area contributed by atoms with Crippen LogP contribution < -0.4 is 10.6 Å². The smallest absolute Gasteiger partial charge is 0.239 e. The summed E-state index contributed by atoms with van der Waals surface area (Å²) in [6, 6.07) is 1.58. The fraction of sp³-hybridized carbons (Fsp3) is 0.667. The SMILES string of the molecule is Cc1cc(N2CCN(C(=O)C(C)N)CC2)nc(C(C)C)n1. The van der Waals surface area contributed by atoms with Crippen LogP contribution in [0, 0.1) is 6.92 Å². The Bertz CT molecular complexity index is 507. The Morgan fingerprint density at radius 3 is 2.33 bits per heavy atom. The van der Waals surface area contributed by atoms with Crippen molar-refractivity contribution in [2.24, 2.45) is 5.73 Å². The van der Waals surface area contributed by atoms with Crippen molar-refractivity contribution in [1.29, 1.82) is 0 Å². The molecule has 1 aromatic heterocycles. The molecular weight excluding hydrogens is 266 g/mol. The van der Waals surface area contributed by atoms with Gasteiger partial charge in [0, 0.05) is 43.9 Å². The number of carbonyl (C=O) groups is 1. The van der Waals surface area contributed by atoms with Gasteiger partial charge < -0.3 is 15.5 Å². The number of anilines is 1. The minimum absolute atomic E-state index is 0.0244. The second-order valence-electron chi connectivity index (χ2n) is 5.98. The van der Waals surface area contributed by atoms with Gasteiger partial charge >= 0.3 is 0 Å². The average molecular weight is 291 g/mol. The normalized spacial score (nSPS) is 17.2. The van der Waals surface area contributed by atoms with E-state index >= 15 is 0 Å². The van der Waals surface area contributed by atoms with Gasteiger partial charge in [-0.15, -0.1) is 0 Å². The van der Waals surface area contributed by atoms with Crippen LogP contribution in [0.15, 0.2) is 6.07 Å². The number of rotatable bonds is 3. The van der Waals surface area contributed by atoms with Gasteiger partial charge in [0.2, 0.25) is 5.91 Å². The highest BCUT2D eigenvalue weighted by Gasteiger charge is 2.24. The van der Waals surface area contributed by atoms with Crippen LogP contribution in [-0.4, -0.2) is 53.0 Å². The number of piperazine rings is 1. The number of carbonyl (C=O) groups excluding carboxylic acids is 1. The maximum atomic E-state index is 11.9. The van der Waals surface area contributed by atoms with E-state index in [1.807, 2.05) is 17.9 Å². The van der Waals surface area contributed by atoms with E-state index in [1.165, 1.54) is 0 Å². The number of hydrogen-bond acceptors (Lipinski definition) is 5. The number of nitrogens with zero attached hydrogens (tertiary/aromatic N) is 4. The summed E-state index contributed by atoms with van der Waals surface area (Å²) >= 11 is 0. The van der Waals surface area contributed by atoms with Gasteiger partial charge in [0.25, 0.3) is 0 Å². The molecule has 2 N–H and O–H groups in total. The zero-order valence-corrected chi connectivity index (χ0v) is 13.3. The summed E-state index contributed by atoms with van der Waals surface area (Å²) in [6.45, 7) is 10.9. The monoisotopic (exact) mass is 291 g/mol. The third kappa shape index (κ3) is 3.69. The van der Waals surface area contributed by atoms with Gasteiger partial charge in [-0.05, 0) is 13.8 Å². The van der Waals surface area contributed by atoms with Crippen molar-refractivity contribution >= 4 is 11.7 Å². The van der Waals surface area contributed by atoms with Crippen LogP contribution >= 0.6 is 0 Å². The Kier molecular flexibility index (Phi) is 4.77. The molecule has 0 spiro atoms. The van der Waals surface area contributed by atoms with Crippen LogP contribution in [0.5, 0.6) is 0 Å². The Hall–Kier alpha value is -1.69. The van der Waals surface area contributed by atoms with E-state index in [0.717, 1.165) is 30.4 Å². The first-order valence-electron chi connectivity index (χ1n) is 7.53. The summed E-state index contributed by atoms with van der Waals surface area (Å²) in [5.74, 6) is 2.17. The summed E-state index contributed by atoms with van der Waals surface area (Å²) in [4.78, 5) is 25.1. The molecule has 1 aromatic rings. The van der Waals surface area contributed by atoms with Crippen molar-refractivity contribution in [2.45, 2.75) is 39.7 Å². The van der Waals surface area contributed by atoms with Crippen LogP contribution in [0.3, 0.4) is 0 Å². The molecule has 0 aliphatic carbocycles. The lowest BCUT2D eigenvalue weighted by Crippen LogP contribution is -2.52. The standard InChI is InChI=1S/C15H25N5O/c1-10(2)14-17-11(3)9-13(18-14)19-5-7-20(8-6-19)15(21)12(4)16/h9-10,12H,5-8,16H2,1-4H3. The van der Waals surface area contributed by atoms with E-state index in [-0.39, 0.29) is 5.91 Å². The van der Waals surface area contributed by atoms with Gasteiger partial charge in [0.15, 0.2) is 0 Å². The van der Waals surface area contributed by atoms with Crippen molar-refractivity contribution in [1.82, 2.24) is 14.9 Å². The molecule has 0 aromatic carbocycles. The highest BCUT2D eigenvalue weighted by Crippen LogP contribution is 2.18. The molecular formula is C15H25N5O. The number of aryl methyl sites for hydroxylation is 1. The average Bonchev–Trinajstić information content (AvgIpc) is 2.45. The molecule has 21 heavy (non-hydrogen) atoms. The molecule has 0 bridgehead atoms. The lowest BCUT2D eigenvalue weighted by atomic mass is 10.2. The predicted molar refractivity (Wildman–Crippen MR) is 83.3 cm³/mol. The second kappa shape index (κ2) is 6.39. The molecule has 0 saturated carbocycles. The van der Waals surface area contributed by atoms with Gasteiger partial charge in [0.05, 0.1) is 6.04 Å². The maximum Gasteiger partial charge on any atom is 0.239 e. The van der Waals surface area contributed by atoms with Crippen LogP contribution in [0.25, 0.3) is 0 Å². The largest absolute Gasteiger partial charge is 0.353 e. The lowest BCUT2D eigenvalue weighted by Gasteiger charge is -2.36. The minimum atomic E-state index is -0.426. The first kappa shape index (κ1) is 15.7. The Balaban J connectivity index is 2.07. The number of nitrogens with two attached hydrogens (primary N) is 1. The zero-order valence-electron chi connectivity index (χ0n) is 13.3. The van der Waals surface area contributed by atoms with Gasteiger partial charge in [0.1, 0.15) is 11.6 Å². The maximum absolute atomic E-state index is 11.9. The van der Waals surface area contributed by atoms with E-state index in [0.29, 0.717) is 19.0 Å². The molecule has 6 heteroatoms. The van der Waals surface area contributed by atoms with Crippen molar-refractivity contribution in [3.8, 4) is 0 Å². The summed E-state index contributed by atoms with van der Waals surface area (Å²) in [6.07, 6.45) is 0. The van der Waals surface area contributed by atoms with Crippen molar-refractivity contribution < 1.29 is 4.79 Å². The van der Waals surface area contributed by atoms with E-state index < -0.39 is 6.04 Å². The molecule has 0 radical (unpaired) electrons. The fourth-order valence-electron chi connectivity index (χ4n) is 2.44. The van der Waals surface area contributed by atoms with Crippen LogP contribution in [0.4, 0.5) is 5.82 Å². The van der Waals surface area contributed by atoms with Gasteiger partial charge in [-0.3, -0.25) is 4.79 Å². The van der Waals surface area contributed by atoms with E-state index in [1.54, 1.807) is 6.92 Å². The van der Waals surface area contributed by atoms with E-state index in [2.05, 4.69) is 28.7 Å². The van der Waals surface area contributed by atoms with Gasteiger partial charge in [-0.2, -0.15) is 0 Å². The first-order valence-corrected chi connectivity index (χ1v) is 7.53. The second-order valence-corrected chi connectivity index (χ2v) is 5.98. The Morgan fingerprint density at radius 2 is 1.81 bits per heavy atom. The molecule has 2 heterocycles. The van der Waals surface area contributed by atoms with E-state index in [4.69, 9.17) is 5.73 Å². The van der Waals surface area contributed by atoms with Crippen molar-refractivity contribution in [3.05, 3.63) is 17.6 Å². The number of amides is 1. The first-order chi connectivity index (χ1) is 9.88. The number of hydrogen-bond donors (Lipinski definition) is 1. The molecule has 1 fully saturated rings. The molecule has 2 rings (SSSR count). The zero-order chi connectivity index (χ0) is 15.6. The van der Waals surface area contributed by atoms with Crippen molar-refractivity contribution in [3.63, 3.8) is 0 Å². The summed E-state index contributed by atoms with van der Waals surface area (Å²) in [7, 11) is 0. The van der Waals surface area contributed by atoms with Crippen LogP contribution in [0.1, 0.15) is 38.2 Å². The third-order valence-corrected chi connectivity index (χ3v) is 3.68. The van der Waals surface area contributed by atoms with Gasteiger partial charge in [-0.1, -0.05) is 13.8 Å². The third-order valence-electron chi connectivity index (χ3n) is 3.68. The van der Waals surface area contributed by atoms with Crippen molar-refractivity contribution in [2.75, 3.05) is 31.1 Å². The summed E-state index contributed by atoms with van der Waals surface area (Å²) < 4.78 is 0. The Labute approximate surface area is 126 Å². The summed E-state index contributed by atoms with van der Waals surface area (Å²) in [5.41, 5.74) is 6.64. The minimum Gasteiger partial charge on any atom is -0.353 e. The fourth-order valence-corrected chi connectivity index (χ4v) is 2.44.